The smallest absolute Gasteiger partial charge is 0.481 e. The Morgan fingerprint density at radius 1 is 0.909 bits per heavy atom. The van der Waals surface area contributed by atoms with Gasteiger partial charge in [0, 0.05) is 36.7 Å². The van der Waals surface area contributed by atoms with Gasteiger partial charge in [-0.25, -0.2) is 14.8 Å². The van der Waals surface area contributed by atoms with E-state index in [0.717, 1.165) is 0 Å². The molecular formula is C30H32N6O8. The molecule has 0 bridgehead atoms. The van der Waals surface area contributed by atoms with Gasteiger partial charge in [0.2, 0.25) is 5.91 Å². The molecule has 3 aromatic rings. The molecule has 1 fully saturated rings. The lowest BCUT2D eigenvalue weighted by atomic mass is 10.1. The number of nitrogens with zero attached hydrogens (tertiary/aromatic N) is 4. The van der Waals surface area contributed by atoms with Gasteiger partial charge in [0.25, 0.3) is 11.8 Å². The Kier molecular flexibility index (Phi) is 10.9. The van der Waals surface area contributed by atoms with Crippen LogP contribution in [0.25, 0.3) is 11.4 Å². The maximum absolute atomic E-state index is 13.5. The van der Waals surface area contributed by atoms with Crippen molar-refractivity contribution in [2.45, 2.75) is 25.8 Å². The summed E-state index contributed by atoms with van der Waals surface area (Å²) < 4.78 is 4.77. The fourth-order valence-corrected chi connectivity index (χ4v) is 4.35. The van der Waals surface area contributed by atoms with Crippen LogP contribution < -0.4 is 10.6 Å². The molecule has 230 valence electrons. The van der Waals surface area contributed by atoms with Crippen molar-refractivity contribution in [2.75, 3.05) is 38.1 Å². The average molecular weight is 605 g/mol. The number of carboxylic acids is 1. The van der Waals surface area contributed by atoms with Crippen molar-refractivity contribution in [2.24, 2.45) is 0 Å². The van der Waals surface area contributed by atoms with E-state index >= 15 is 0 Å². The highest BCUT2D eigenvalue weighted by atomic mass is 16.8. The lowest BCUT2D eigenvalue weighted by Gasteiger charge is -2.35. The summed E-state index contributed by atoms with van der Waals surface area (Å²) in [5.74, 6) is -2.62. The molecule has 14 nitrogen and oxygen atoms in total. The number of piperazine rings is 1. The Morgan fingerprint density at radius 3 is 2.20 bits per heavy atom. The first-order valence-corrected chi connectivity index (χ1v) is 14.0. The van der Waals surface area contributed by atoms with Crippen molar-refractivity contribution in [1.29, 1.82) is 0 Å². The summed E-state index contributed by atoms with van der Waals surface area (Å²) in [5.41, 5.74) is 0.826. The number of hydrogen-bond acceptors (Lipinski definition) is 10. The first kappa shape index (κ1) is 31.6. The second-order valence-electron chi connectivity index (χ2n) is 9.64. The van der Waals surface area contributed by atoms with Gasteiger partial charge in [0.15, 0.2) is 5.82 Å². The number of anilines is 1. The van der Waals surface area contributed by atoms with E-state index in [1.807, 2.05) is 0 Å². The zero-order valence-electron chi connectivity index (χ0n) is 24.0. The minimum atomic E-state index is -1.19. The second-order valence-corrected chi connectivity index (χ2v) is 9.64. The summed E-state index contributed by atoms with van der Waals surface area (Å²) in [6.07, 6.45) is -1.40. The van der Waals surface area contributed by atoms with Gasteiger partial charge in [0.05, 0.1) is 19.7 Å². The summed E-state index contributed by atoms with van der Waals surface area (Å²) in [6, 6.07) is 17.4. The highest BCUT2D eigenvalue weighted by Gasteiger charge is 2.31. The Bertz CT molecular complexity index is 1480. The first-order valence-electron chi connectivity index (χ1n) is 14.0. The number of hydrogen-bond donors (Lipinski definition) is 3. The number of hydroxylamine groups is 2. The second kappa shape index (κ2) is 15.2. The Hall–Kier alpha value is -5.37. The molecule has 4 rings (SSSR count). The SMILES string of the molecule is CCOC(=O)ON1CCN(C(=O)[C@H](CCC(=O)O)NC(=O)c2cc(NC(=O)c3ccccc3)nc(-c3ccccc3)n2)CC1. The molecule has 0 unspecified atom stereocenters. The van der Waals surface area contributed by atoms with Gasteiger partial charge in [-0.15, -0.1) is 5.06 Å². The van der Waals surface area contributed by atoms with Crippen LogP contribution in [0.5, 0.6) is 0 Å². The molecule has 0 saturated carbocycles. The van der Waals surface area contributed by atoms with Gasteiger partial charge in [-0.1, -0.05) is 48.5 Å². The average Bonchev–Trinajstić information content (AvgIpc) is 3.03. The predicted octanol–water partition coefficient (Wildman–Crippen LogP) is 2.59. The van der Waals surface area contributed by atoms with Gasteiger partial charge in [-0.05, 0) is 25.5 Å². The largest absolute Gasteiger partial charge is 0.527 e. The Balaban J connectivity index is 1.53. The van der Waals surface area contributed by atoms with Gasteiger partial charge in [-0.2, -0.15) is 0 Å². The number of benzene rings is 2. The van der Waals surface area contributed by atoms with E-state index in [9.17, 15) is 29.1 Å². The van der Waals surface area contributed by atoms with Crippen LogP contribution in [0.3, 0.4) is 0 Å². The lowest BCUT2D eigenvalue weighted by molar-refractivity contribution is -0.157. The summed E-state index contributed by atoms with van der Waals surface area (Å²) in [4.78, 5) is 78.1. The van der Waals surface area contributed by atoms with Crippen molar-refractivity contribution in [3.05, 3.63) is 78.0 Å². The van der Waals surface area contributed by atoms with Gasteiger partial charge in [0.1, 0.15) is 17.6 Å². The molecule has 1 aliphatic heterocycles. The van der Waals surface area contributed by atoms with E-state index in [2.05, 4.69) is 20.6 Å². The molecule has 1 aromatic heterocycles. The number of aromatic nitrogens is 2. The van der Waals surface area contributed by atoms with E-state index in [1.165, 1.54) is 16.0 Å². The van der Waals surface area contributed by atoms with Crippen molar-refractivity contribution < 1.29 is 38.7 Å². The fraction of sp³-hybridized carbons (Fsp3) is 0.300. The molecule has 1 aliphatic rings. The van der Waals surface area contributed by atoms with E-state index in [1.54, 1.807) is 67.6 Å². The van der Waals surface area contributed by atoms with Crippen LogP contribution in [0.4, 0.5) is 10.6 Å². The third-order valence-electron chi connectivity index (χ3n) is 6.53. The van der Waals surface area contributed by atoms with Crippen LogP contribution in [0.2, 0.25) is 0 Å². The minimum Gasteiger partial charge on any atom is -0.481 e. The normalized spacial score (nSPS) is 13.8. The summed E-state index contributed by atoms with van der Waals surface area (Å²) >= 11 is 0. The molecule has 1 atom stereocenters. The van der Waals surface area contributed by atoms with Gasteiger partial charge in [-0.3, -0.25) is 19.2 Å². The zero-order chi connectivity index (χ0) is 31.5. The Morgan fingerprint density at radius 2 is 1.57 bits per heavy atom. The molecule has 14 heteroatoms. The number of rotatable bonds is 11. The number of aliphatic carboxylic acids is 1. The van der Waals surface area contributed by atoms with E-state index < -0.39 is 35.9 Å². The monoisotopic (exact) mass is 604 g/mol. The lowest BCUT2D eigenvalue weighted by Crippen LogP contribution is -2.55. The number of ether oxygens (including phenoxy) is 1. The van der Waals surface area contributed by atoms with Crippen molar-refractivity contribution in [3.63, 3.8) is 0 Å². The van der Waals surface area contributed by atoms with Crippen LogP contribution in [0.1, 0.15) is 40.6 Å². The topological polar surface area (TPSA) is 180 Å². The summed E-state index contributed by atoms with van der Waals surface area (Å²) in [5, 5.41) is 16.0. The predicted molar refractivity (Wildman–Crippen MR) is 156 cm³/mol. The molecule has 0 aliphatic carbocycles. The maximum atomic E-state index is 13.5. The molecular weight excluding hydrogens is 572 g/mol. The van der Waals surface area contributed by atoms with Crippen LogP contribution in [0, 0.1) is 0 Å². The molecule has 0 spiro atoms. The van der Waals surface area contributed by atoms with Crippen LogP contribution in [-0.4, -0.2) is 93.7 Å². The molecule has 3 amide bonds. The third kappa shape index (κ3) is 8.82. The first-order chi connectivity index (χ1) is 21.2. The van der Waals surface area contributed by atoms with Crippen LogP contribution in [-0.2, 0) is 19.2 Å². The molecule has 2 aromatic carbocycles. The quantitative estimate of drug-likeness (QED) is 0.274. The molecule has 2 heterocycles. The van der Waals surface area contributed by atoms with E-state index in [-0.39, 0.29) is 63.0 Å². The van der Waals surface area contributed by atoms with Crippen LogP contribution >= 0.6 is 0 Å². The van der Waals surface area contributed by atoms with Crippen molar-refractivity contribution in [3.8, 4) is 11.4 Å². The number of carbonyl (C=O) groups is 5. The van der Waals surface area contributed by atoms with E-state index in [0.29, 0.717) is 11.1 Å². The van der Waals surface area contributed by atoms with Gasteiger partial charge < -0.3 is 30.2 Å². The standard InChI is InChI=1S/C30H32N6O8/c1-2-43-30(42)44-36-17-15-35(16-18-36)29(41)22(13-14-25(37)38)32-28(40)23-19-24(34-27(39)21-11-7-4-8-12-21)33-26(31-23)20-9-5-3-6-10-20/h3-12,19,22H,2,13-18H2,1H3,(H,32,40)(H,37,38)(H,31,33,34,39)/t22-/m0/s1. The molecule has 3 N–H and O–H groups in total. The molecule has 44 heavy (non-hydrogen) atoms. The highest BCUT2D eigenvalue weighted by molar-refractivity contribution is 6.04. The molecule has 1 saturated heterocycles. The number of amides is 3. The minimum absolute atomic E-state index is 0.0593. The maximum Gasteiger partial charge on any atom is 0.527 e. The summed E-state index contributed by atoms with van der Waals surface area (Å²) in [6.45, 7) is 2.53. The van der Waals surface area contributed by atoms with Crippen molar-refractivity contribution >= 4 is 35.7 Å². The highest BCUT2D eigenvalue weighted by Crippen LogP contribution is 2.19. The third-order valence-corrected chi connectivity index (χ3v) is 6.53. The van der Waals surface area contributed by atoms with Gasteiger partial charge >= 0.3 is 12.1 Å². The fourth-order valence-electron chi connectivity index (χ4n) is 4.35. The van der Waals surface area contributed by atoms with Crippen molar-refractivity contribution in [1.82, 2.24) is 25.2 Å². The Labute approximate surface area is 252 Å². The summed E-state index contributed by atoms with van der Waals surface area (Å²) in [7, 11) is 0. The number of nitrogens with one attached hydrogen (secondary N) is 2. The number of carbonyl (C=O) groups excluding carboxylic acids is 4. The molecule has 0 radical (unpaired) electrons. The van der Waals surface area contributed by atoms with Crippen LogP contribution in [0.15, 0.2) is 66.7 Å². The van der Waals surface area contributed by atoms with E-state index in [4.69, 9.17) is 9.57 Å². The zero-order valence-corrected chi connectivity index (χ0v) is 24.0. The number of carboxylic acid groups (broad SMARTS) is 1.